The number of nitrogens with zero attached hydrogens (tertiary/aromatic N) is 3. The van der Waals surface area contributed by atoms with Gasteiger partial charge in [0.1, 0.15) is 5.58 Å². The number of amides is 1. The van der Waals surface area contributed by atoms with Gasteiger partial charge in [-0.05, 0) is 51.7 Å². The average molecular weight is 353 g/mol. The van der Waals surface area contributed by atoms with Gasteiger partial charge in [-0.3, -0.25) is 4.79 Å². The molecule has 6 nitrogen and oxygen atoms in total. The first kappa shape index (κ1) is 16.8. The van der Waals surface area contributed by atoms with Gasteiger partial charge in [-0.15, -0.1) is 0 Å². The van der Waals surface area contributed by atoms with E-state index in [9.17, 15) is 4.79 Å². The lowest BCUT2D eigenvalue weighted by atomic mass is 9.96. The quantitative estimate of drug-likeness (QED) is 0.694. The molecule has 0 N–H and O–H groups in total. The molecule has 6 heteroatoms. The summed E-state index contributed by atoms with van der Waals surface area (Å²) in [7, 11) is 0. The number of rotatable bonds is 2. The second-order valence-corrected chi connectivity index (χ2v) is 7.21. The first-order chi connectivity index (χ1) is 12.5. The highest BCUT2D eigenvalue weighted by Crippen LogP contribution is 2.33. The number of fused-ring (bicyclic) bond motifs is 1. The summed E-state index contributed by atoms with van der Waals surface area (Å²) in [6.07, 6.45) is 1.65. The van der Waals surface area contributed by atoms with Crippen LogP contribution in [0.3, 0.4) is 0 Å². The number of likely N-dealkylation sites (tertiary alicyclic amines) is 1. The highest BCUT2D eigenvalue weighted by atomic mass is 16.5. The molecule has 3 heterocycles. The van der Waals surface area contributed by atoms with Crippen molar-refractivity contribution in [2.45, 2.75) is 46.5 Å². The van der Waals surface area contributed by atoms with Crippen molar-refractivity contribution < 1.29 is 13.7 Å². The molecule has 1 fully saturated rings. The zero-order valence-electron chi connectivity index (χ0n) is 15.6. The topological polar surface area (TPSA) is 72.4 Å². The van der Waals surface area contributed by atoms with Crippen molar-refractivity contribution in [2.75, 3.05) is 13.1 Å². The van der Waals surface area contributed by atoms with Crippen LogP contribution in [0.2, 0.25) is 0 Å². The predicted molar refractivity (Wildman–Crippen MR) is 97.3 cm³/mol. The van der Waals surface area contributed by atoms with Crippen LogP contribution in [0.15, 0.2) is 21.1 Å². The molecule has 0 saturated carbocycles. The smallest absolute Gasteiger partial charge is 0.289 e. The minimum absolute atomic E-state index is 0.0299. The predicted octanol–water partition coefficient (Wildman–Crippen LogP) is 4.07. The molecule has 0 atom stereocenters. The second-order valence-electron chi connectivity index (χ2n) is 7.21. The molecule has 0 bridgehead atoms. The maximum atomic E-state index is 13.0. The van der Waals surface area contributed by atoms with E-state index in [2.05, 4.69) is 23.1 Å². The molecule has 3 aromatic rings. The minimum Gasteiger partial charge on any atom is -0.450 e. The molecule has 1 aromatic carbocycles. The number of furan rings is 1. The van der Waals surface area contributed by atoms with Gasteiger partial charge < -0.3 is 13.8 Å². The van der Waals surface area contributed by atoms with Gasteiger partial charge in [-0.25, -0.2) is 0 Å². The van der Waals surface area contributed by atoms with E-state index in [4.69, 9.17) is 8.94 Å². The van der Waals surface area contributed by atoms with Crippen molar-refractivity contribution in [1.82, 2.24) is 15.0 Å². The van der Waals surface area contributed by atoms with Crippen LogP contribution in [0.25, 0.3) is 11.0 Å². The van der Waals surface area contributed by atoms with Crippen LogP contribution in [-0.4, -0.2) is 34.0 Å². The maximum absolute atomic E-state index is 13.0. The number of piperidine rings is 1. The van der Waals surface area contributed by atoms with Crippen LogP contribution in [0.1, 0.15) is 57.7 Å². The zero-order valence-corrected chi connectivity index (χ0v) is 15.6. The third kappa shape index (κ3) is 2.69. The Bertz CT molecular complexity index is 978. The molecule has 1 saturated heterocycles. The Labute approximate surface area is 152 Å². The SMILES string of the molecule is Cc1noc(C2CCN(C(=O)c3oc4c(C)ccc(C)c4c3C)CC2)n1. The van der Waals surface area contributed by atoms with Gasteiger partial charge in [0.25, 0.3) is 5.91 Å². The third-order valence-corrected chi connectivity index (χ3v) is 5.35. The summed E-state index contributed by atoms with van der Waals surface area (Å²) in [5.74, 6) is 1.99. The van der Waals surface area contributed by atoms with Crippen LogP contribution in [0.4, 0.5) is 0 Å². The first-order valence-electron chi connectivity index (χ1n) is 9.04. The molecule has 26 heavy (non-hydrogen) atoms. The van der Waals surface area contributed by atoms with Gasteiger partial charge in [0.15, 0.2) is 11.6 Å². The molecular weight excluding hydrogens is 330 g/mol. The minimum atomic E-state index is -0.0299. The summed E-state index contributed by atoms with van der Waals surface area (Å²) >= 11 is 0. The molecule has 0 spiro atoms. The van der Waals surface area contributed by atoms with Crippen LogP contribution in [0, 0.1) is 27.7 Å². The standard InChI is InChI=1S/C20H23N3O3/c1-11-5-6-12(2)17-16(11)13(3)18(25-17)20(24)23-9-7-15(8-10-23)19-21-14(4)22-26-19/h5-6,15H,7-10H2,1-4H3. The Balaban J connectivity index is 1.56. The molecule has 2 aromatic heterocycles. The number of aromatic nitrogens is 2. The lowest BCUT2D eigenvalue weighted by molar-refractivity contribution is 0.0674. The molecule has 1 amide bonds. The van der Waals surface area contributed by atoms with E-state index < -0.39 is 0 Å². The van der Waals surface area contributed by atoms with Crippen molar-refractivity contribution in [3.05, 3.63) is 46.3 Å². The van der Waals surface area contributed by atoms with Crippen molar-refractivity contribution >= 4 is 16.9 Å². The maximum Gasteiger partial charge on any atom is 0.289 e. The summed E-state index contributed by atoms with van der Waals surface area (Å²) in [6.45, 7) is 9.19. The highest BCUT2D eigenvalue weighted by Gasteiger charge is 2.30. The molecule has 0 radical (unpaired) electrons. The average Bonchev–Trinajstić information content (AvgIpc) is 3.22. The number of aryl methyl sites for hydroxylation is 4. The van der Waals surface area contributed by atoms with E-state index in [1.807, 2.05) is 31.7 Å². The number of hydrogen-bond donors (Lipinski definition) is 0. The molecule has 0 unspecified atom stereocenters. The van der Waals surface area contributed by atoms with Gasteiger partial charge in [-0.2, -0.15) is 4.98 Å². The Morgan fingerprint density at radius 3 is 2.42 bits per heavy atom. The van der Waals surface area contributed by atoms with E-state index in [0.29, 0.717) is 30.6 Å². The Morgan fingerprint density at radius 1 is 1.12 bits per heavy atom. The van der Waals surface area contributed by atoms with Gasteiger partial charge in [0.2, 0.25) is 5.89 Å². The van der Waals surface area contributed by atoms with Crippen LogP contribution in [0.5, 0.6) is 0 Å². The van der Waals surface area contributed by atoms with Gasteiger partial charge in [-0.1, -0.05) is 17.3 Å². The number of hydrogen-bond acceptors (Lipinski definition) is 5. The fourth-order valence-electron chi connectivity index (χ4n) is 3.83. The van der Waals surface area contributed by atoms with E-state index in [-0.39, 0.29) is 11.8 Å². The second kappa shape index (κ2) is 6.27. The van der Waals surface area contributed by atoms with E-state index >= 15 is 0 Å². The fourth-order valence-corrected chi connectivity index (χ4v) is 3.83. The van der Waals surface area contributed by atoms with E-state index in [1.165, 1.54) is 0 Å². The Kier molecular flexibility index (Phi) is 4.05. The normalized spacial score (nSPS) is 15.8. The molecule has 136 valence electrons. The van der Waals surface area contributed by atoms with Crippen LogP contribution >= 0.6 is 0 Å². The summed E-state index contributed by atoms with van der Waals surface area (Å²) in [5, 5.41) is 4.92. The van der Waals surface area contributed by atoms with Gasteiger partial charge in [0, 0.05) is 30.0 Å². The van der Waals surface area contributed by atoms with Crippen molar-refractivity contribution in [1.29, 1.82) is 0 Å². The summed E-state index contributed by atoms with van der Waals surface area (Å²) in [4.78, 5) is 19.2. The molecule has 1 aliphatic heterocycles. The fraction of sp³-hybridized carbons (Fsp3) is 0.450. The lowest BCUT2D eigenvalue weighted by Crippen LogP contribution is -2.38. The molecule has 4 rings (SSSR count). The monoisotopic (exact) mass is 353 g/mol. The molecular formula is C20H23N3O3. The summed E-state index contributed by atoms with van der Waals surface area (Å²) < 4.78 is 11.3. The Hall–Kier alpha value is -2.63. The number of benzene rings is 1. The summed E-state index contributed by atoms with van der Waals surface area (Å²) in [6, 6.07) is 4.11. The Morgan fingerprint density at radius 2 is 1.81 bits per heavy atom. The highest BCUT2D eigenvalue weighted by molar-refractivity contribution is 6.00. The van der Waals surface area contributed by atoms with Crippen molar-refractivity contribution in [2.24, 2.45) is 0 Å². The summed E-state index contributed by atoms with van der Waals surface area (Å²) in [5.41, 5.74) is 3.94. The van der Waals surface area contributed by atoms with Gasteiger partial charge in [0.05, 0.1) is 0 Å². The number of carbonyl (C=O) groups excluding carboxylic acids is 1. The van der Waals surface area contributed by atoms with E-state index in [1.54, 1.807) is 0 Å². The van der Waals surface area contributed by atoms with Crippen molar-refractivity contribution in [3.63, 3.8) is 0 Å². The van der Waals surface area contributed by atoms with Crippen LogP contribution < -0.4 is 0 Å². The van der Waals surface area contributed by atoms with E-state index in [0.717, 1.165) is 40.5 Å². The largest absolute Gasteiger partial charge is 0.450 e. The molecule has 0 aliphatic carbocycles. The lowest BCUT2D eigenvalue weighted by Gasteiger charge is -2.29. The van der Waals surface area contributed by atoms with Crippen LogP contribution in [-0.2, 0) is 0 Å². The number of carbonyl (C=O) groups is 1. The van der Waals surface area contributed by atoms with Gasteiger partial charge >= 0.3 is 0 Å². The zero-order chi connectivity index (χ0) is 18.4. The molecule has 1 aliphatic rings. The third-order valence-electron chi connectivity index (χ3n) is 5.35. The first-order valence-corrected chi connectivity index (χ1v) is 9.04. The van der Waals surface area contributed by atoms with Crippen molar-refractivity contribution in [3.8, 4) is 0 Å².